The predicted octanol–water partition coefficient (Wildman–Crippen LogP) is 3.04. The van der Waals surface area contributed by atoms with E-state index in [0.29, 0.717) is 10.7 Å². The van der Waals surface area contributed by atoms with Crippen LogP contribution < -0.4 is 4.90 Å². The second kappa shape index (κ2) is 3.73. The van der Waals surface area contributed by atoms with E-state index in [1.54, 1.807) is 24.3 Å². The smallest absolute Gasteiger partial charge is 0.241 e. The quantitative estimate of drug-likeness (QED) is 0.588. The average molecular weight is 288 g/mol. The van der Waals surface area contributed by atoms with Gasteiger partial charge in [-0.25, -0.2) is 4.90 Å². The molecule has 1 aliphatic heterocycles. The number of imide groups is 1. The van der Waals surface area contributed by atoms with Gasteiger partial charge in [0.25, 0.3) is 0 Å². The Kier molecular flexibility index (Phi) is 2.27. The van der Waals surface area contributed by atoms with E-state index in [-0.39, 0.29) is 29.6 Å². The molecule has 0 spiro atoms. The van der Waals surface area contributed by atoms with Crippen LogP contribution >= 0.6 is 11.6 Å². The summed E-state index contributed by atoms with van der Waals surface area (Å²) in [5, 5.41) is 0.534. The number of allylic oxidation sites excluding steroid dienone is 2. The van der Waals surface area contributed by atoms with Gasteiger partial charge in [-0.05, 0) is 43.4 Å². The van der Waals surface area contributed by atoms with Gasteiger partial charge in [-0.1, -0.05) is 29.8 Å². The average Bonchev–Trinajstić information content (AvgIpc) is 3.03. The van der Waals surface area contributed by atoms with E-state index in [4.69, 9.17) is 11.6 Å². The van der Waals surface area contributed by atoms with Crippen molar-refractivity contribution >= 4 is 29.1 Å². The molecule has 20 heavy (non-hydrogen) atoms. The summed E-state index contributed by atoms with van der Waals surface area (Å²) in [6.45, 7) is 1.94. The van der Waals surface area contributed by atoms with Crippen molar-refractivity contribution in [1.82, 2.24) is 0 Å². The van der Waals surface area contributed by atoms with Gasteiger partial charge in [0.1, 0.15) is 0 Å². The van der Waals surface area contributed by atoms with Gasteiger partial charge < -0.3 is 0 Å². The first-order valence-corrected chi connectivity index (χ1v) is 7.23. The molecular weight excluding hydrogens is 274 g/mol. The lowest BCUT2D eigenvalue weighted by atomic mass is 9.71. The van der Waals surface area contributed by atoms with Crippen LogP contribution in [0.4, 0.5) is 5.69 Å². The van der Waals surface area contributed by atoms with E-state index in [0.717, 1.165) is 6.42 Å². The Morgan fingerprint density at radius 2 is 2.10 bits per heavy atom. The number of fused-ring (bicyclic) bond motifs is 5. The van der Waals surface area contributed by atoms with Crippen LogP contribution in [-0.2, 0) is 9.59 Å². The zero-order chi connectivity index (χ0) is 14.1. The number of rotatable bonds is 1. The summed E-state index contributed by atoms with van der Waals surface area (Å²) in [4.78, 5) is 26.9. The molecule has 2 amide bonds. The Bertz CT molecular complexity index is 668. The predicted molar refractivity (Wildman–Crippen MR) is 76.3 cm³/mol. The number of hydrogen-bond donors (Lipinski definition) is 0. The summed E-state index contributed by atoms with van der Waals surface area (Å²) in [6.07, 6.45) is 5.14. The maximum atomic E-state index is 12.8. The molecule has 3 nitrogen and oxygen atoms in total. The monoisotopic (exact) mass is 287 g/mol. The van der Waals surface area contributed by atoms with Gasteiger partial charge in [0.15, 0.2) is 0 Å². The number of nitrogens with zero attached hydrogens (tertiary/aromatic N) is 1. The molecule has 3 aliphatic rings. The highest BCUT2D eigenvalue weighted by Gasteiger charge is 2.67. The van der Waals surface area contributed by atoms with E-state index in [2.05, 4.69) is 12.2 Å². The molecule has 0 radical (unpaired) electrons. The minimum Gasteiger partial charge on any atom is -0.274 e. The zero-order valence-corrected chi connectivity index (χ0v) is 11.8. The number of carbonyl (C=O) groups excluding carboxylic acids is 2. The van der Waals surface area contributed by atoms with Crippen molar-refractivity contribution in [2.24, 2.45) is 23.2 Å². The van der Waals surface area contributed by atoms with Crippen LogP contribution in [0.2, 0.25) is 5.02 Å². The van der Waals surface area contributed by atoms with Crippen molar-refractivity contribution in [3.8, 4) is 0 Å². The lowest BCUT2D eigenvalue weighted by Crippen LogP contribution is -2.37. The van der Waals surface area contributed by atoms with Crippen LogP contribution in [0.25, 0.3) is 0 Å². The van der Waals surface area contributed by atoms with Gasteiger partial charge in [-0.15, -0.1) is 0 Å². The van der Waals surface area contributed by atoms with Crippen LogP contribution in [-0.4, -0.2) is 11.8 Å². The third kappa shape index (κ3) is 1.27. The first-order chi connectivity index (χ1) is 9.53. The molecule has 2 bridgehead atoms. The number of hydrogen-bond acceptors (Lipinski definition) is 2. The molecule has 102 valence electrons. The highest BCUT2D eigenvalue weighted by atomic mass is 35.5. The first kappa shape index (κ1) is 12.2. The van der Waals surface area contributed by atoms with Crippen molar-refractivity contribution in [3.05, 3.63) is 41.4 Å². The van der Waals surface area contributed by atoms with Crippen molar-refractivity contribution in [2.75, 3.05) is 4.90 Å². The molecule has 0 aromatic heterocycles. The van der Waals surface area contributed by atoms with Crippen LogP contribution in [0.15, 0.2) is 36.4 Å². The Labute approximate surface area is 122 Å². The van der Waals surface area contributed by atoms with Gasteiger partial charge in [-0.2, -0.15) is 0 Å². The van der Waals surface area contributed by atoms with E-state index in [1.165, 1.54) is 4.90 Å². The Hall–Kier alpha value is -1.61. The number of amides is 2. The van der Waals surface area contributed by atoms with Crippen molar-refractivity contribution in [2.45, 2.75) is 13.3 Å². The van der Waals surface area contributed by atoms with Crippen LogP contribution in [0.3, 0.4) is 0 Å². The summed E-state index contributed by atoms with van der Waals surface area (Å²) < 4.78 is 0. The van der Waals surface area contributed by atoms with Crippen molar-refractivity contribution in [1.29, 1.82) is 0 Å². The molecule has 4 heteroatoms. The largest absolute Gasteiger partial charge is 0.274 e. The third-order valence-electron chi connectivity index (χ3n) is 5.18. The SMILES string of the molecule is C[C@]12C(=O)N(c3cccc(Cl)c3)C(=O)[C@H]1[C@@H]1C=C[C@H]2C1. The van der Waals surface area contributed by atoms with E-state index in [1.807, 2.05) is 6.92 Å². The molecule has 1 aromatic rings. The topological polar surface area (TPSA) is 37.4 Å². The summed E-state index contributed by atoms with van der Waals surface area (Å²) in [5.41, 5.74) is 0.0151. The molecule has 1 aromatic carbocycles. The van der Waals surface area contributed by atoms with Gasteiger partial charge in [0, 0.05) is 5.02 Å². The molecule has 0 unspecified atom stereocenters. The summed E-state index contributed by atoms with van der Waals surface area (Å²) in [7, 11) is 0. The van der Waals surface area contributed by atoms with Crippen molar-refractivity contribution < 1.29 is 9.59 Å². The molecule has 1 heterocycles. The molecule has 4 atom stereocenters. The van der Waals surface area contributed by atoms with Gasteiger partial charge in [-0.3, -0.25) is 9.59 Å². The standard InChI is InChI=1S/C16H14ClNO2/c1-16-10-6-5-9(7-10)13(16)14(19)18(15(16)20)12-4-2-3-11(17)8-12/h2-6,8-10,13H,7H2,1H3/t9-,10+,13-,16-/m1/s1. The van der Waals surface area contributed by atoms with E-state index in [9.17, 15) is 9.59 Å². The molecule has 1 saturated heterocycles. The maximum Gasteiger partial charge on any atom is 0.241 e. The second-order valence-electron chi connectivity index (χ2n) is 6.11. The van der Waals surface area contributed by atoms with Gasteiger partial charge >= 0.3 is 0 Å². The fraction of sp³-hybridized carbons (Fsp3) is 0.375. The Balaban J connectivity index is 1.82. The molecule has 2 aliphatic carbocycles. The van der Waals surface area contributed by atoms with Gasteiger partial charge in [0.05, 0.1) is 17.0 Å². The van der Waals surface area contributed by atoms with Crippen molar-refractivity contribution in [3.63, 3.8) is 0 Å². The highest BCUT2D eigenvalue weighted by Crippen LogP contribution is 2.60. The maximum absolute atomic E-state index is 12.8. The summed E-state index contributed by atoms with van der Waals surface area (Å²) >= 11 is 5.98. The molecule has 1 saturated carbocycles. The first-order valence-electron chi connectivity index (χ1n) is 6.86. The van der Waals surface area contributed by atoms with E-state index >= 15 is 0 Å². The van der Waals surface area contributed by atoms with Crippen LogP contribution in [0.5, 0.6) is 0 Å². The highest BCUT2D eigenvalue weighted by molar-refractivity contribution is 6.31. The van der Waals surface area contributed by atoms with Crippen LogP contribution in [0.1, 0.15) is 13.3 Å². The van der Waals surface area contributed by atoms with E-state index < -0.39 is 5.41 Å². The lowest BCUT2D eigenvalue weighted by Gasteiger charge is -2.28. The number of benzene rings is 1. The molecule has 4 rings (SSSR count). The molecular formula is C16H14ClNO2. The summed E-state index contributed by atoms with van der Waals surface area (Å²) in [5.74, 6) is 0.0518. The summed E-state index contributed by atoms with van der Waals surface area (Å²) in [6, 6.07) is 6.95. The lowest BCUT2D eigenvalue weighted by molar-refractivity contribution is -0.127. The molecule has 2 fully saturated rings. The fourth-order valence-electron chi connectivity index (χ4n) is 4.17. The second-order valence-corrected chi connectivity index (χ2v) is 6.55. The fourth-order valence-corrected chi connectivity index (χ4v) is 4.35. The van der Waals surface area contributed by atoms with Crippen LogP contribution in [0, 0.1) is 23.2 Å². The zero-order valence-electron chi connectivity index (χ0n) is 11.0. The normalized spacial score (nSPS) is 37.9. The number of anilines is 1. The number of carbonyl (C=O) groups is 2. The minimum atomic E-state index is -0.571. The number of halogens is 1. The third-order valence-corrected chi connectivity index (χ3v) is 5.41. The Morgan fingerprint density at radius 3 is 2.80 bits per heavy atom. The molecule has 0 N–H and O–H groups in total. The Morgan fingerprint density at radius 1 is 1.30 bits per heavy atom. The minimum absolute atomic E-state index is 0.0726. The van der Waals surface area contributed by atoms with Gasteiger partial charge in [0.2, 0.25) is 11.8 Å².